The van der Waals surface area contributed by atoms with Gasteiger partial charge in [0.25, 0.3) is 5.91 Å². The maximum Gasteiger partial charge on any atom is 0.325 e. The lowest BCUT2D eigenvalue weighted by atomic mass is 9.92. The molecule has 1 saturated heterocycles. The molecule has 5 nitrogen and oxygen atoms in total. The molecule has 146 valence electrons. The minimum Gasteiger partial charge on any atom is -0.319 e. The van der Waals surface area contributed by atoms with Gasteiger partial charge in [-0.15, -0.1) is 0 Å². The van der Waals surface area contributed by atoms with E-state index in [1.165, 1.54) is 5.56 Å². The molecule has 0 radical (unpaired) electrons. The van der Waals surface area contributed by atoms with Gasteiger partial charge in [0.05, 0.1) is 6.54 Å². The maximum atomic E-state index is 12.9. The number of unbranched alkanes of at least 4 members (excludes halogenated alkanes) is 1. The van der Waals surface area contributed by atoms with Gasteiger partial charge in [-0.3, -0.25) is 14.5 Å². The fourth-order valence-corrected chi connectivity index (χ4v) is 3.42. The quantitative estimate of drug-likeness (QED) is 0.557. The van der Waals surface area contributed by atoms with E-state index in [0.29, 0.717) is 16.1 Å². The van der Waals surface area contributed by atoms with Gasteiger partial charge < -0.3 is 5.32 Å². The van der Waals surface area contributed by atoms with Crippen LogP contribution in [-0.2, 0) is 16.8 Å². The van der Waals surface area contributed by atoms with Crippen LogP contribution in [0.1, 0.15) is 48.2 Å². The average molecular weight is 399 g/mol. The van der Waals surface area contributed by atoms with Crippen molar-refractivity contribution in [3.8, 4) is 0 Å². The number of amides is 3. The molecule has 28 heavy (non-hydrogen) atoms. The number of urea groups is 1. The van der Waals surface area contributed by atoms with Crippen LogP contribution in [0.5, 0.6) is 0 Å². The van der Waals surface area contributed by atoms with Crippen LogP contribution < -0.4 is 5.32 Å². The van der Waals surface area contributed by atoms with Crippen molar-refractivity contribution >= 4 is 29.3 Å². The van der Waals surface area contributed by atoms with E-state index in [1.54, 1.807) is 43.3 Å². The zero-order valence-corrected chi connectivity index (χ0v) is 16.8. The van der Waals surface area contributed by atoms with E-state index in [0.717, 1.165) is 24.2 Å². The van der Waals surface area contributed by atoms with Crippen molar-refractivity contribution in [2.24, 2.45) is 0 Å². The second kappa shape index (κ2) is 8.15. The van der Waals surface area contributed by atoms with Crippen LogP contribution in [0.2, 0.25) is 5.02 Å². The highest BCUT2D eigenvalue weighted by molar-refractivity contribution is 6.30. The molecule has 0 spiro atoms. The van der Waals surface area contributed by atoms with Crippen molar-refractivity contribution < 1.29 is 14.4 Å². The van der Waals surface area contributed by atoms with Crippen molar-refractivity contribution in [3.63, 3.8) is 0 Å². The number of halogens is 1. The molecule has 3 rings (SSSR count). The number of ketones is 1. The first-order valence-corrected chi connectivity index (χ1v) is 9.75. The van der Waals surface area contributed by atoms with Crippen molar-refractivity contribution in [1.29, 1.82) is 0 Å². The Bertz CT molecular complexity index is 893. The van der Waals surface area contributed by atoms with Gasteiger partial charge >= 0.3 is 6.03 Å². The van der Waals surface area contributed by atoms with E-state index in [9.17, 15) is 14.4 Å². The summed E-state index contributed by atoms with van der Waals surface area (Å²) in [4.78, 5) is 38.9. The topological polar surface area (TPSA) is 66.5 Å². The van der Waals surface area contributed by atoms with Gasteiger partial charge in [-0.2, -0.15) is 0 Å². The number of benzene rings is 2. The Morgan fingerprint density at radius 1 is 1.07 bits per heavy atom. The Morgan fingerprint density at radius 3 is 2.32 bits per heavy atom. The van der Waals surface area contributed by atoms with Gasteiger partial charge in [0.1, 0.15) is 5.54 Å². The van der Waals surface area contributed by atoms with Crippen LogP contribution in [0.3, 0.4) is 0 Å². The Hall–Kier alpha value is -2.66. The number of rotatable bonds is 7. The van der Waals surface area contributed by atoms with Gasteiger partial charge in [0.15, 0.2) is 5.78 Å². The summed E-state index contributed by atoms with van der Waals surface area (Å²) >= 11 is 5.91. The smallest absolute Gasteiger partial charge is 0.319 e. The van der Waals surface area contributed by atoms with E-state index in [1.807, 2.05) is 12.1 Å². The molecular formula is C22H23ClN2O3. The third-order valence-corrected chi connectivity index (χ3v) is 5.35. The number of Topliss-reactive ketones (excluding diaryl/α,β-unsaturated/α-hetero) is 1. The van der Waals surface area contributed by atoms with E-state index >= 15 is 0 Å². The van der Waals surface area contributed by atoms with E-state index in [2.05, 4.69) is 12.2 Å². The molecule has 3 amide bonds. The molecule has 0 aromatic heterocycles. The highest BCUT2D eigenvalue weighted by Gasteiger charge is 2.49. The first-order valence-electron chi connectivity index (χ1n) is 9.37. The summed E-state index contributed by atoms with van der Waals surface area (Å²) in [6.07, 6.45) is 3.18. The van der Waals surface area contributed by atoms with Crippen LogP contribution >= 0.6 is 11.6 Å². The molecule has 6 heteroatoms. The highest BCUT2D eigenvalue weighted by Crippen LogP contribution is 2.29. The molecule has 1 aliphatic heterocycles. The number of nitrogens with one attached hydrogen (secondary N) is 1. The lowest BCUT2D eigenvalue weighted by Gasteiger charge is -2.22. The number of carbonyl (C=O) groups excluding carboxylic acids is 3. The van der Waals surface area contributed by atoms with Gasteiger partial charge in [0, 0.05) is 10.6 Å². The van der Waals surface area contributed by atoms with Crippen LogP contribution in [0, 0.1) is 0 Å². The van der Waals surface area contributed by atoms with Crippen molar-refractivity contribution in [2.75, 3.05) is 6.54 Å². The molecule has 0 aliphatic carbocycles. The van der Waals surface area contributed by atoms with Crippen molar-refractivity contribution in [3.05, 3.63) is 70.2 Å². The molecule has 2 aromatic rings. The second-order valence-corrected chi connectivity index (χ2v) is 7.61. The van der Waals surface area contributed by atoms with Gasteiger partial charge in [-0.25, -0.2) is 4.79 Å². The van der Waals surface area contributed by atoms with E-state index < -0.39 is 17.5 Å². The standard InChI is InChI=1S/C22H23ClN2O3/c1-3-4-5-15-6-8-16(9-7-15)19(26)14-25-20(27)22(2,24-21(25)28)17-10-12-18(23)13-11-17/h6-13H,3-5,14H2,1-2H3,(H,24,28). The van der Waals surface area contributed by atoms with Gasteiger partial charge in [-0.1, -0.05) is 61.3 Å². The molecule has 0 bridgehead atoms. The normalized spacial score (nSPS) is 19.0. The fraction of sp³-hybridized carbons (Fsp3) is 0.318. The molecule has 1 N–H and O–H groups in total. The Labute approximate surface area is 169 Å². The third-order valence-electron chi connectivity index (χ3n) is 5.09. The summed E-state index contributed by atoms with van der Waals surface area (Å²) < 4.78 is 0. The maximum absolute atomic E-state index is 12.9. The van der Waals surface area contributed by atoms with Crippen LogP contribution in [0.15, 0.2) is 48.5 Å². The predicted octanol–water partition coefficient (Wildman–Crippen LogP) is 4.33. The average Bonchev–Trinajstić information content (AvgIpc) is 2.91. The Balaban J connectivity index is 1.73. The van der Waals surface area contributed by atoms with Gasteiger partial charge in [-0.05, 0) is 43.0 Å². The van der Waals surface area contributed by atoms with E-state index in [-0.39, 0.29) is 12.3 Å². The SMILES string of the molecule is CCCCc1ccc(C(=O)CN2C(=O)NC(C)(c3ccc(Cl)cc3)C2=O)cc1. The monoisotopic (exact) mass is 398 g/mol. The summed E-state index contributed by atoms with van der Waals surface area (Å²) in [5.74, 6) is -0.723. The number of hydrogen-bond donors (Lipinski definition) is 1. The molecule has 1 unspecified atom stereocenters. The lowest BCUT2D eigenvalue weighted by molar-refractivity contribution is -0.130. The first-order chi connectivity index (χ1) is 13.3. The predicted molar refractivity (Wildman–Crippen MR) is 108 cm³/mol. The van der Waals surface area contributed by atoms with Crippen LogP contribution in [0.25, 0.3) is 0 Å². The third kappa shape index (κ3) is 3.94. The zero-order chi connectivity index (χ0) is 20.3. The summed E-state index contributed by atoms with van der Waals surface area (Å²) in [5, 5.41) is 3.24. The molecule has 1 heterocycles. The largest absolute Gasteiger partial charge is 0.325 e. The molecule has 1 atom stereocenters. The molecule has 1 fully saturated rings. The summed E-state index contributed by atoms with van der Waals surface area (Å²) in [7, 11) is 0. The molecular weight excluding hydrogens is 376 g/mol. The molecule has 0 saturated carbocycles. The Morgan fingerprint density at radius 2 is 1.71 bits per heavy atom. The molecule has 2 aromatic carbocycles. The molecule has 1 aliphatic rings. The van der Waals surface area contributed by atoms with Crippen LogP contribution in [0.4, 0.5) is 4.79 Å². The summed E-state index contributed by atoms with van der Waals surface area (Å²) in [5.41, 5.74) is 1.06. The summed E-state index contributed by atoms with van der Waals surface area (Å²) in [6.45, 7) is 3.47. The fourth-order valence-electron chi connectivity index (χ4n) is 3.29. The number of nitrogens with zero attached hydrogens (tertiary/aromatic N) is 1. The minimum atomic E-state index is -1.22. The van der Waals surface area contributed by atoms with Crippen LogP contribution in [-0.4, -0.2) is 29.2 Å². The number of aryl methyl sites for hydroxylation is 1. The second-order valence-electron chi connectivity index (χ2n) is 7.18. The number of imide groups is 1. The zero-order valence-electron chi connectivity index (χ0n) is 16.0. The Kier molecular flexibility index (Phi) is 5.84. The number of carbonyl (C=O) groups is 3. The lowest BCUT2D eigenvalue weighted by Crippen LogP contribution is -2.41. The van der Waals surface area contributed by atoms with E-state index in [4.69, 9.17) is 11.6 Å². The minimum absolute atomic E-state index is 0.272. The number of hydrogen-bond acceptors (Lipinski definition) is 3. The summed E-state index contributed by atoms with van der Waals surface area (Å²) in [6, 6.07) is 13.5. The van der Waals surface area contributed by atoms with Crippen molar-refractivity contribution in [1.82, 2.24) is 10.2 Å². The van der Waals surface area contributed by atoms with Gasteiger partial charge in [0.2, 0.25) is 0 Å². The van der Waals surface area contributed by atoms with Crippen molar-refractivity contribution in [2.45, 2.75) is 38.6 Å². The first kappa shape index (κ1) is 20.1. The highest BCUT2D eigenvalue weighted by atomic mass is 35.5.